The molecule has 1 aliphatic rings. The first-order valence-corrected chi connectivity index (χ1v) is 14.2. The summed E-state index contributed by atoms with van der Waals surface area (Å²) >= 11 is 1.21. The molecule has 0 bridgehead atoms. The van der Waals surface area contributed by atoms with E-state index in [1.807, 2.05) is 11.0 Å². The van der Waals surface area contributed by atoms with Gasteiger partial charge < -0.3 is 10.0 Å². The van der Waals surface area contributed by atoms with Gasteiger partial charge >= 0.3 is 0 Å². The van der Waals surface area contributed by atoms with Crippen LogP contribution in [-0.2, 0) is 12.1 Å². The van der Waals surface area contributed by atoms with Crippen LogP contribution >= 0.6 is 11.3 Å². The van der Waals surface area contributed by atoms with Crippen LogP contribution in [0.25, 0.3) is 4.96 Å². The highest BCUT2D eigenvalue weighted by atomic mass is 32.1. The first-order valence-electron chi connectivity index (χ1n) is 13.3. The number of halogens is 2. The molecule has 216 valence electrons. The van der Waals surface area contributed by atoms with Crippen molar-refractivity contribution in [2.75, 3.05) is 26.2 Å². The van der Waals surface area contributed by atoms with Gasteiger partial charge in [0, 0.05) is 55.6 Å². The minimum absolute atomic E-state index is 0.0480. The van der Waals surface area contributed by atoms with Crippen molar-refractivity contribution in [1.82, 2.24) is 33.9 Å². The maximum Gasteiger partial charge on any atom is 0.265 e. The Hall–Kier alpha value is -4.33. The van der Waals surface area contributed by atoms with Crippen LogP contribution in [0.5, 0.6) is 0 Å². The molecule has 4 heterocycles. The van der Waals surface area contributed by atoms with E-state index in [9.17, 15) is 23.5 Å². The van der Waals surface area contributed by atoms with Crippen LogP contribution in [0.15, 0.2) is 73.6 Å². The van der Waals surface area contributed by atoms with Crippen molar-refractivity contribution in [1.29, 1.82) is 0 Å². The number of imidazole rings is 1. The SMILES string of the molecule is C[C@@H](N1CCN(C(=O)c2cn3c(C(=O)c4ccccc4)cnc3s2)CC1)[C@](O)(Cn1cncn1)c1ccc(F)cc1F. The molecule has 0 aliphatic carbocycles. The normalized spacial score (nSPS) is 16.4. The minimum Gasteiger partial charge on any atom is -0.381 e. The zero-order chi connectivity index (χ0) is 29.4. The average Bonchev–Trinajstić information content (AvgIpc) is 3.75. The lowest BCUT2D eigenvalue weighted by molar-refractivity contribution is -0.0719. The summed E-state index contributed by atoms with van der Waals surface area (Å²) < 4.78 is 31.7. The summed E-state index contributed by atoms with van der Waals surface area (Å²) in [5.41, 5.74) is -0.899. The summed E-state index contributed by atoms with van der Waals surface area (Å²) in [5.74, 6) is -1.96. The summed E-state index contributed by atoms with van der Waals surface area (Å²) in [4.78, 5) is 39.4. The van der Waals surface area contributed by atoms with E-state index in [1.165, 1.54) is 40.9 Å². The van der Waals surface area contributed by atoms with Crippen LogP contribution in [0.4, 0.5) is 8.78 Å². The second-order valence-corrected chi connectivity index (χ2v) is 11.2. The molecule has 0 spiro atoms. The highest BCUT2D eigenvalue weighted by molar-refractivity contribution is 7.18. The minimum atomic E-state index is -1.77. The lowest BCUT2D eigenvalue weighted by atomic mass is 9.85. The van der Waals surface area contributed by atoms with E-state index < -0.39 is 23.3 Å². The molecule has 6 rings (SSSR count). The van der Waals surface area contributed by atoms with E-state index in [4.69, 9.17) is 0 Å². The molecular weight excluding hydrogens is 564 g/mol. The third kappa shape index (κ3) is 5.10. The van der Waals surface area contributed by atoms with E-state index in [-0.39, 0.29) is 23.8 Å². The first-order chi connectivity index (χ1) is 20.2. The van der Waals surface area contributed by atoms with Gasteiger partial charge in [-0.3, -0.25) is 18.9 Å². The summed E-state index contributed by atoms with van der Waals surface area (Å²) in [5, 5.41) is 16.0. The van der Waals surface area contributed by atoms with Crippen molar-refractivity contribution in [3.8, 4) is 0 Å². The predicted molar refractivity (Wildman–Crippen MR) is 150 cm³/mol. The van der Waals surface area contributed by atoms with Gasteiger partial charge in [0.05, 0.1) is 12.7 Å². The quantitative estimate of drug-likeness (QED) is 0.276. The summed E-state index contributed by atoms with van der Waals surface area (Å²) in [7, 11) is 0. The Morgan fingerprint density at radius 3 is 2.55 bits per heavy atom. The molecule has 10 nitrogen and oxygen atoms in total. The number of benzene rings is 2. The zero-order valence-electron chi connectivity index (χ0n) is 22.6. The molecule has 0 saturated carbocycles. The average molecular weight is 592 g/mol. The van der Waals surface area contributed by atoms with Gasteiger partial charge in [-0.25, -0.2) is 23.4 Å². The van der Waals surface area contributed by atoms with Gasteiger partial charge in [-0.05, 0) is 13.0 Å². The number of carbonyl (C=O) groups is 2. The molecule has 1 amide bonds. The molecule has 5 aromatic rings. The van der Waals surface area contributed by atoms with Crippen LogP contribution in [0.1, 0.15) is 38.2 Å². The summed E-state index contributed by atoms with van der Waals surface area (Å²) in [6.07, 6.45) is 5.90. The van der Waals surface area contributed by atoms with Crippen molar-refractivity contribution in [3.05, 3.63) is 107 Å². The van der Waals surface area contributed by atoms with Crippen LogP contribution in [0, 0.1) is 11.6 Å². The second-order valence-electron chi connectivity index (χ2n) is 10.2. The molecule has 0 unspecified atom stereocenters. The van der Waals surface area contributed by atoms with Crippen molar-refractivity contribution in [3.63, 3.8) is 0 Å². The van der Waals surface area contributed by atoms with Crippen molar-refractivity contribution < 1.29 is 23.5 Å². The Kier molecular flexibility index (Phi) is 7.39. The number of rotatable bonds is 8. The fraction of sp³-hybridized carbons (Fsp3) is 0.276. The second kappa shape index (κ2) is 11.2. The highest BCUT2D eigenvalue weighted by Crippen LogP contribution is 2.33. The molecule has 13 heteroatoms. The number of hydrogen-bond donors (Lipinski definition) is 1. The van der Waals surface area contributed by atoms with Crippen molar-refractivity contribution in [2.45, 2.75) is 25.1 Å². The van der Waals surface area contributed by atoms with E-state index in [1.54, 1.807) is 46.7 Å². The Morgan fingerprint density at radius 1 is 1.10 bits per heavy atom. The van der Waals surface area contributed by atoms with Gasteiger partial charge in [0.25, 0.3) is 5.91 Å². The monoisotopic (exact) mass is 591 g/mol. The standard InChI is InChI=1S/C29H27F2N7O3S/c1-19(29(41,16-37-18-32-17-34-37)22-8-7-21(30)13-23(22)31)35-9-11-36(12-10-35)27(40)25-15-38-24(14-33-28(38)42-25)26(39)20-5-3-2-4-6-20/h2-8,13-15,17-19,41H,9-12,16H2,1H3/t19-,29-/m1/s1. The van der Waals surface area contributed by atoms with E-state index in [0.717, 1.165) is 12.1 Å². The Labute approximate surface area is 243 Å². The fourth-order valence-electron chi connectivity index (χ4n) is 5.40. The smallest absolute Gasteiger partial charge is 0.265 e. The molecule has 2 aromatic carbocycles. The van der Waals surface area contributed by atoms with Crippen molar-refractivity contribution in [2.24, 2.45) is 0 Å². The number of hydrogen-bond acceptors (Lipinski definition) is 8. The topological polar surface area (TPSA) is 109 Å². The van der Waals surface area contributed by atoms with Gasteiger partial charge in [-0.2, -0.15) is 5.10 Å². The Morgan fingerprint density at radius 2 is 1.86 bits per heavy atom. The van der Waals surface area contributed by atoms with Crippen LogP contribution in [0.3, 0.4) is 0 Å². The summed E-state index contributed by atoms with van der Waals surface area (Å²) in [6, 6.07) is 11.4. The number of aromatic nitrogens is 5. The Balaban J connectivity index is 1.18. The third-order valence-corrected chi connectivity index (χ3v) is 8.78. The van der Waals surface area contributed by atoms with E-state index in [2.05, 4.69) is 15.1 Å². The molecule has 1 N–H and O–H groups in total. The highest BCUT2D eigenvalue weighted by Gasteiger charge is 2.43. The molecule has 1 fully saturated rings. The molecule has 0 radical (unpaired) electrons. The molecule has 3 aromatic heterocycles. The lowest BCUT2D eigenvalue weighted by Crippen LogP contribution is -2.58. The molecule has 1 saturated heterocycles. The number of aliphatic hydroxyl groups is 1. The zero-order valence-corrected chi connectivity index (χ0v) is 23.4. The Bertz CT molecular complexity index is 1730. The number of carbonyl (C=O) groups excluding carboxylic acids is 2. The fourth-order valence-corrected chi connectivity index (χ4v) is 6.33. The number of piperazine rings is 1. The van der Waals surface area contributed by atoms with E-state index >= 15 is 0 Å². The number of fused-ring (bicyclic) bond motifs is 1. The maximum absolute atomic E-state index is 14.9. The van der Waals surface area contributed by atoms with Crippen molar-refractivity contribution >= 4 is 28.0 Å². The van der Waals surface area contributed by atoms with Gasteiger partial charge in [-0.15, -0.1) is 0 Å². The van der Waals surface area contributed by atoms with Crippen LogP contribution in [-0.4, -0.2) is 83.0 Å². The maximum atomic E-state index is 14.9. The third-order valence-electron chi connectivity index (χ3n) is 7.80. The number of nitrogens with zero attached hydrogens (tertiary/aromatic N) is 7. The van der Waals surface area contributed by atoms with Crippen LogP contribution in [0.2, 0.25) is 0 Å². The number of amides is 1. The summed E-state index contributed by atoms with van der Waals surface area (Å²) in [6.45, 7) is 3.23. The molecule has 42 heavy (non-hydrogen) atoms. The molecule has 1 aliphatic heterocycles. The van der Waals surface area contributed by atoms with Gasteiger partial charge in [0.15, 0.2) is 4.96 Å². The first kappa shape index (κ1) is 27.8. The van der Waals surface area contributed by atoms with Gasteiger partial charge in [0.2, 0.25) is 5.78 Å². The predicted octanol–water partition coefficient (Wildman–Crippen LogP) is 3.23. The largest absolute Gasteiger partial charge is 0.381 e. The molecule has 2 atom stereocenters. The van der Waals surface area contributed by atoms with Gasteiger partial charge in [-0.1, -0.05) is 47.7 Å². The molecular formula is C29H27F2N7O3S. The number of thiazole rings is 1. The van der Waals surface area contributed by atoms with Gasteiger partial charge in [0.1, 0.15) is 40.5 Å². The van der Waals surface area contributed by atoms with Crippen LogP contribution < -0.4 is 0 Å². The number of ketones is 1. The lowest BCUT2D eigenvalue weighted by Gasteiger charge is -2.44. The van der Waals surface area contributed by atoms with E-state index in [0.29, 0.717) is 47.3 Å².